The van der Waals surface area contributed by atoms with Gasteiger partial charge in [-0.2, -0.15) is 0 Å². The van der Waals surface area contributed by atoms with Gasteiger partial charge < -0.3 is 15.6 Å². The lowest BCUT2D eigenvalue weighted by atomic mass is 10.2. The lowest BCUT2D eigenvalue weighted by molar-refractivity contribution is -0.146. The lowest BCUT2D eigenvalue weighted by Crippen LogP contribution is -2.33. The highest BCUT2D eigenvalue weighted by Gasteiger charge is 2.14. The average molecular weight is 244 g/mol. The smallest absolute Gasteiger partial charge is 0.323 e. The van der Waals surface area contributed by atoms with Gasteiger partial charge in [-0.05, 0) is 12.5 Å². The normalized spacial score (nSPS) is 12.2. The van der Waals surface area contributed by atoms with Gasteiger partial charge in [0.2, 0.25) is 0 Å². The molecule has 0 saturated carbocycles. The first-order valence-electron chi connectivity index (χ1n) is 4.91. The molecule has 4 nitrogen and oxygen atoms in total. The van der Waals surface area contributed by atoms with Crippen molar-refractivity contribution in [1.82, 2.24) is 0 Å². The molecule has 0 unspecified atom stereocenters. The van der Waals surface area contributed by atoms with E-state index < -0.39 is 12.0 Å². The first kappa shape index (κ1) is 13.0. The molecule has 0 aliphatic heterocycles. The molecule has 0 fully saturated rings. The fraction of sp³-hybridized carbons (Fsp3) is 0.364. The number of carbonyl (C=O) groups is 1. The Morgan fingerprint density at radius 3 is 2.81 bits per heavy atom. The van der Waals surface area contributed by atoms with E-state index in [2.05, 4.69) is 0 Å². The van der Waals surface area contributed by atoms with Crippen molar-refractivity contribution in [2.45, 2.75) is 19.1 Å². The molecule has 0 amide bonds. The van der Waals surface area contributed by atoms with Crippen LogP contribution in [0.2, 0.25) is 5.02 Å². The summed E-state index contributed by atoms with van der Waals surface area (Å²) in [7, 11) is 0. The largest absolute Gasteiger partial charge is 0.460 e. The highest BCUT2D eigenvalue weighted by atomic mass is 35.5. The van der Waals surface area contributed by atoms with Crippen molar-refractivity contribution in [3.05, 3.63) is 34.9 Å². The molecule has 0 spiro atoms. The molecule has 0 bridgehead atoms. The van der Waals surface area contributed by atoms with Gasteiger partial charge >= 0.3 is 5.97 Å². The topological polar surface area (TPSA) is 72.5 Å². The predicted molar refractivity (Wildman–Crippen MR) is 60.9 cm³/mol. The Bertz CT molecular complexity index is 357. The first-order chi connectivity index (χ1) is 7.65. The Balaban J connectivity index is 2.46. The van der Waals surface area contributed by atoms with E-state index >= 15 is 0 Å². The number of halogens is 1. The van der Waals surface area contributed by atoms with Crippen LogP contribution in [0, 0.1) is 0 Å². The zero-order valence-electron chi connectivity index (χ0n) is 8.73. The maximum atomic E-state index is 11.3. The summed E-state index contributed by atoms with van der Waals surface area (Å²) < 4.78 is 4.96. The molecule has 1 aromatic rings. The summed E-state index contributed by atoms with van der Waals surface area (Å²) in [5.74, 6) is -0.533. The van der Waals surface area contributed by atoms with Gasteiger partial charge in [0.25, 0.3) is 0 Å². The molecule has 0 saturated heterocycles. The van der Waals surface area contributed by atoms with Crippen LogP contribution < -0.4 is 5.73 Å². The van der Waals surface area contributed by atoms with Gasteiger partial charge in [0.15, 0.2) is 0 Å². The molecule has 0 radical (unpaired) electrons. The van der Waals surface area contributed by atoms with Crippen LogP contribution in [0.15, 0.2) is 24.3 Å². The summed E-state index contributed by atoms with van der Waals surface area (Å²) in [4.78, 5) is 11.3. The van der Waals surface area contributed by atoms with Gasteiger partial charge in [-0.25, -0.2) is 0 Å². The average Bonchev–Trinajstić information content (AvgIpc) is 2.28. The molecular formula is C11H14ClNO3. The maximum Gasteiger partial charge on any atom is 0.323 e. The van der Waals surface area contributed by atoms with Crippen LogP contribution in [0.25, 0.3) is 0 Å². The highest BCUT2D eigenvalue weighted by molar-refractivity contribution is 6.31. The summed E-state index contributed by atoms with van der Waals surface area (Å²) in [5, 5.41) is 9.15. The van der Waals surface area contributed by atoms with Crippen LogP contribution >= 0.6 is 11.6 Å². The zero-order valence-corrected chi connectivity index (χ0v) is 9.48. The molecule has 0 aliphatic rings. The fourth-order valence-electron chi connectivity index (χ4n) is 1.13. The molecular weight excluding hydrogens is 230 g/mol. The second-order valence-corrected chi connectivity index (χ2v) is 3.73. The van der Waals surface area contributed by atoms with Gasteiger partial charge in [0.05, 0.1) is 0 Å². The van der Waals surface area contributed by atoms with Crippen molar-refractivity contribution in [3.8, 4) is 0 Å². The van der Waals surface area contributed by atoms with Gasteiger partial charge in [0, 0.05) is 17.2 Å². The van der Waals surface area contributed by atoms with E-state index in [1.165, 1.54) is 0 Å². The highest BCUT2D eigenvalue weighted by Crippen LogP contribution is 2.15. The van der Waals surface area contributed by atoms with E-state index in [-0.39, 0.29) is 19.6 Å². The number of nitrogens with two attached hydrogens (primary N) is 1. The number of rotatable bonds is 5. The minimum absolute atomic E-state index is 0.0949. The van der Waals surface area contributed by atoms with Crippen LogP contribution in [0.1, 0.15) is 12.0 Å². The Hall–Kier alpha value is -1.10. The van der Waals surface area contributed by atoms with Crippen molar-refractivity contribution in [1.29, 1.82) is 0 Å². The Kier molecular flexibility index (Phi) is 5.25. The van der Waals surface area contributed by atoms with Crippen molar-refractivity contribution in [2.75, 3.05) is 6.61 Å². The summed E-state index contributed by atoms with van der Waals surface area (Å²) in [6.07, 6.45) is 0.196. The third-order valence-corrected chi connectivity index (χ3v) is 2.44. The molecule has 0 aromatic heterocycles. The molecule has 88 valence electrons. The van der Waals surface area contributed by atoms with Crippen molar-refractivity contribution >= 4 is 17.6 Å². The predicted octanol–water partition coefficient (Wildman–Crippen LogP) is 1.09. The van der Waals surface area contributed by atoms with Gasteiger partial charge in [-0.1, -0.05) is 29.8 Å². The van der Waals surface area contributed by atoms with Crippen LogP contribution in [-0.2, 0) is 16.1 Å². The number of aliphatic hydroxyl groups excluding tert-OH is 1. The second kappa shape index (κ2) is 6.48. The third-order valence-electron chi connectivity index (χ3n) is 2.07. The van der Waals surface area contributed by atoms with Crippen LogP contribution in [-0.4, -0.2) is 23.7 Å². The number of hydrogen-bond donors (Lipinski definition) is 2. The van der Waals surface area contributed by atoms with Gasteiger partial charge in [-0.3, -0.25) is 4.79 Å². The maximum absolute atomic E-state index is 11.3. The van der Waals surface area contributed by atoms with E-state index in [0.29, 0.717) is 5.02 Å². The quantitative estimate of drug-likeness (QED) is 0.760. The molecule has 5 heteroatoms. The molecule has 1 rings (SSSR count). The summed E-state index contributed by atoms with van der Waals surface area (Å²) in [6.45, 7) is -0.0417. The molecule has 1 aromatic carbocycles. The number of aliphatic hydroxyl groups is 1. The third kappa shape index (κ3) is 3.81. The molecule has 3 N–H and O–H groups in total. The van der Waals surface area contributed by atoms with Crippen molar-refractivity contribution in [2.24, 2.45) is 5.73 Å². The second-order valence-electron chi connectivity index (χ2n) is 3.32. The SMILES string of the molecule is N[C@@H](CCO)C(=O)OCc1ccccc1Cl. The Labute approximate surface area is 99.0 Å². The monoisotopic (exact) mass is 243 g/mol. The van der Waals surface area contributed by atoms with E-state index in [4.69, 9.17) is 27.2 Å². The summed E-state index contributed by atoms with van der Waals surface area (Å²) >= 11 is 5.89. The van der Waals surface area contributed by atoms with Crippen LogP contribution in [0.4, 0.5) is 0 Å². The number of hydrogen-bond acceptors (Lipinski definition) is 4. The van der Waals surface area contributed by atoms with Crippen molar-refractivity contribution < 1.29 is 14.6 Å². The number of benzene rings is 1. The molecule has 0 aliphatic carbocycles. The van der Waals surface area contributed by atoms with Gasteiger partial charge in [0.1, 0.15) is 12.6 Å². The summed E-state index contributed by atoms with van der Waals surface area (Å²) in [5.41, 5.74) is 6.19. The Morgan fingerprint density at radius 1 is 1.50 bits per heavy atom. The van der Waals surface area contributed by atoms with E-state index in [1.807, 2.05) is 6.07 Å². The zero-order chi connectivity index (χ0) is 12.0. The van der Waals surface area contributed by atoms with E-state index in [9.17, 15) is 4.79 Å². The molecule has 1 atom stereocenters. The number of carbonyl (C=O) groups excluding carboxylic acids is 1. The molecule has 16 heavy (non-hydrogen) atoms. The number of esters is 1. The summed E-state index contributed by atoms with van der Waals surface area (Å²) in [6, 6.07) is 6.31. The Morgan fingerprint density at radius 2 is 2.19 bits per heavy atom. The van der Waals surface area contributed by atoms with Crippen molar-refractivity contribution in [3.63, 3.8) is 0 Å². The standard InChI is InChI=1S/C11H14ClNO3/c12-9-4-2-1-3-8(9)7-16-11(15)10(13)5-6-14/h1-4,10,14H,5-7,13H2/t10-/m0/s1. The minimum Gasteiger partial charge on any atom is -0.460 e. The lowest BCUT2D eigenvalue weighted by Gasteiger charge is -2.10. The van der Waals surface area contributed by atoms with Crippen LogP contribution in [0.5, 0.6) is 0 Å². The van der Waals surface area contributed by atoms with Crippen LogP contribution in [0.3, 0.4) is 0 Å². The number of ether oxygens (including phenoxy) is 1. The van der Waals surface area contributed by atoms with Gasteiger partial charge in [-0.15, -0.1) is 0 Å². The van der Waals surface area contributed by atoms with E-state index in [1.54, 1.807) is 18.2 Å². The minimum atomic E-state index is -0.785. The first-order valence-corrected chi connectivity index (χ1v) is 5.29. The molecule has 0 heterocycles. The fourth-order valence-corrected chi connectivity index (χ4v) is 1.32. The van der Waals surface area contributed by atoms with E-state index in [0.717, 1.165) is 5.56 Å².